The highest BCUT2D eigenvalue weighted by Crippen LogP contribution is 2.20. The Morgan fingerprint density at radius 3 is 2.46 bits per heavy atom. The highest BCUT2D eigenvalue weighted by Gasteiger charge is 2.01. The number of nitrogen functional groups attached to an aromatic ring is 2. The summed E-state index contributed by atoms with van der Waals surface area (Å²) in [6.45, 7) is 3.69. The van der Waals surface area contributed by atoms with E-state index in [1.807, 2.05) is 0 Å². The predicted molar refractivity (Wildman–Crippen MR) is 59.6 cm³/mol. The number of nitrogens with zero attached hydrogens (tertiary/aromatic N) is 2. The molecule has 0 atom stereocenters. The van der Waals surface area contributed by atoms with Gasteiger partial charge in [0.05, 0.1) is 0 Å². The fourth-order valence-corrected chi connectivity index (χ4v) is 1.64. The number of rotatable bonds is 3. The zero-order chi connectivity index (χ0) is 9.84. The maximum Gasteiger partial charge on any atom is 0.191 e. The first-order valence-corrected chi connectivity index (χ1v) is 5.22. The number of nitrogens with two attached hydrogens (primary N) is 2. The summed E-state index contributed by atoms with van der Waals surface area (Å²) in [4.78, 5) is 7.99. The smallest absolute Gasteiger partial charge is 0.191 e. The SMILES string of the molecule is C=C(Br)CSc1nc(N)cc(N)n1. The molecule has 0 fully saturated rings. The highest BCUT2D eigenvalue weighted by atomic mass is 79.9. The highest BCUT2D eigenvalue weighted by molar-refractivity contribution is 9.11. The largest absolute Gasteiger partial charge is 0.383 e. The van der Waals surface area contributed by atoms with Gasteiger partial charge in [0.25, 0.3) is 0 Å². The number of halogens is 1. The molecule has 4 nitrogen and oxygen atoms in total. The molecule has 1 heterocycles. The van der Waals surface area contributed by atoms with Crippen LogP contribution in [-0.4, -0.2) is 15.7 Å². The lowest BCUT2D eigenvalue weighted by molar-refractivity contribution is 0.986. The van der Waals surface area contributed by atoms with Crippen LogP contribution in [0, 0.1) is 0 Å². The molecule has 1 aromatic rings. The molecule has 0 spiro atoms. The van der Waals surface area contributed by atoms with E-state index in [9.17, 15) is 0 Å². The fraction of sp³-hybridized carbons (Fsp3) is 0.143. The molecule has 0 aliphatic carbocycles. The average Bonchev–Trinajstić information content (AvgIpc) is 1.99. The predicted octanol–water partition coefficient (Wildman–Crippen LogP) is 1.64. The second kappa shape index (κ2) is 4.48. The standard InChI is InChI=1S/C7H9BrN4S/c1-4(8)3-13-7-11-5(9)2-6(10)12-7/h2H,1,3H2,(H4,9,10,11,12). The lowest BCUT2D eigenvalue weighted by Gasteiger charge is -2.01. The number of hydrogen-bond donors (Lipinski definition) is 2. The van der Waals surface area contributed by atoms with Crippen molar-refractivity contribution in [1.29, 1.82) is 0 Å². The van der Waals surface area contributed by atoms with Crippen molar-refractivity contribution in [3.8, 4) is 0 Å². The van der Waals surface area contributed by atoms with E-state index >= 15 is 0 Å². The van der Waals surface area contributed by atoms with Gasteiger partial charge in [-0.2, -0.15) is 0 Å². The molecule has 0 saturated heterocycles. The third-order valence-electron chi connectivity index (χ3n) is 1.10. The Labute approximate surface area is 88.9 Å². The molecule has 0 unspecified atom stereocenters. The molecule has 0 bridgehead atoms. The molecule has 0 amide bonds. The quantitative estimate of drug-likeness (QED) is 0.638. The molecule has 6 heteroatoms. The summed E-state index contributed by atoms with van der Waals surface area (Å²) in [5.41, 5.74) is 11.0. The van der Waals surface area contributed by atoms with Crippen LogP contribution in [0.25, 0.3) is 0 Å². The van der Waals surface area contributed by atoms with Crippen molar-refractivity contribution in [3.05, 3.63) is 17.1 Å². The third-order valence-corrected chi connectivity index (χ3v) is 2.69. The molecule has 1 rings (SSSR count). The van der Waals surface area contributed by atoms with Crippen LogP contribution in [-0.2, 0) is 0 Å². The van der Waals surface area contributed by atoms with E-state index in [4.69, 9.17) is 11.5 Å². The van der Waals surface area contributed by atoms with Gasteiger partial charge in [0.15, 0.2) is 5.16 Å². The lowest BCUT2D eigenvalue weighted by Crippen LogP contribution is -1.99. The van der Waals surface area contributed by atoms with Crippen molar-refractivity contribution < 1.29 is 0 Å². The van der Waals surface area contributed by atoms with E-state index in [2.05, 4.69) is 32.5 Å². The van der Waals surface area contributed by atoms with Crippen molar-refractivity contribution >= 4 is 39.3 Å². The summed E-state index contributed by atoms with van der Waals surface area (Å²) in [6, 6.07) is 1.52. The molecule has 1 aromatic heterocycles. The zero-order valence-electron chi connectivity index (χ0n) is 6.83. The van der Waals surface area contributed by atoms with E-state index in [0.29, 0.717) is 22.5 Å². The zero-order valence-corrected chi connectivity index (χ0v) is 9.23. The van der Waals surface area contributed by atoms with Crippen LogP contribution in [0.4, 0.5) is 11.6 Å². The first kappa shape index (κ1) is 10.3. The summed E-state index contributed by atoms with van der Waals surface area (Å²) in [6.07, 6.45) is 0. The van der Waals surface area contributed by atoms with Crippen LogP contribution in [0.2, 0.25) is 0 Å². The van der Waals surface area contributed by atoms with Crippen molar-refractivity contribution in [1.82, 2.24) is 9.97 Å². The average molecular weight is 261 g/mol. The van der Waals surface area contributed by atoms with Gasteiger partial charge in [0.2, 0.25) is 0 Å². The van der Waals surface area contributed by atoms with Crippen molar-refractivity contribution in [2.24, 2.45) is 0 Å². The van der Waals surface area contributed by atoms with E-state index in [-0.39, 0.29) is 0 Å². The van der Waals surface area contributed by atoms with Crippen LogP contribution in [0.3, 0.4) is 0 Å². The minimum atomic E-state index is 0.384. The molecule has 0 radical (unpaired) electrons. The van der Waals surface area contributed by atoms with Gasteiger partial charge in [-0.15, -0.1) is 0 Å². The van der Waals surface area contributed by atoms with Crippen LogP contribution >= 0.6 is 27.7 Å². The maximum atomic E-state index is 5.49. The van der Waals surface area contributed by atoms with Gasteiger partial charge in [0.1, 0.15) is 11.6 Å². The molecular formula is C7H9BrN4S. The molecule has 13 heavy (non-hydrogen) atoms. The first-order valence-electron chi connectivity index (χ1n) is 3.44. The fourth-order valence-electron chi connectivity index (χ4n) is 0.669. The Morgan fingerprint density at radius 2 is 2.00 bits per heavy atom. The second-order valence-electron chi connectivity index (χ2n) is 2.31. The van der Waals surface area contributed by atoms with Crippen molar-refractivity contribution in [2.45, 2.75) is 5.16 Å². The van der Waals surface area contributed by atoms with Gasteiger partial charge < -0.3 is 11.5 Å². The van der Waals surface area contributed by atoms with Crippen molar-refractivity contribution in [2.75, 3.05) is 17.2 Å². The minimum Gasteiger partial charge on any atom is -0.383 e. The normalized spacial score (nSPS) is 9.92. The van der Waals surface area contributed by atoms with E-state index in [0.717, 1.165) is 4.48 Å². The summed E-state index contributed by atoms with van der Waals surface area (Å²) in [5.74, 6) is 1.47. The summed E-state index contributed by atoms with van der Waals surface area (Å²) < 4.78 is 0.877. The van der Waals surface area contributed by atoms with Gasteiger partial charge in [0, 0.05) is 11.8 Å². The first-order chi connectivity index (χ1) is 6.08. The number of aromatic nitrogens is 2. The molecule has 4 N–H and O–H groups in total. The number of thioether (sulfide) groups is 1. The van der Waals surface area contributed by atoms with Crippen molar-refractivity contribution in [3.63, 3.8) is 0 Å². The van der Waals surface area contributed by atoms with Gasteiger partial charge in [-0.3, -0.25) is 0 Å². The van der Waals surface area contributed by atoms with Gasteiger partial charge in [-0.1, -0.05) is 34.3 Å². The molecule has 0 aliphatic heterocycles. The maximum absolute atomic E-state index is 5.49. The third kappa shape index (κ3) is 3.65. The Kier molecular flexibility index (Phi) is 3.56. The lowest BCUT2D eigenvalue weighted by atomic mass is 10.5. The van der Waals surface area contributed by atoms with Crippen LogP contribution in [0.5, 0.6) is 0 Å². The van der Waals surface area contributed by atoms with Crippen LogP contribution in [0.15, 0.2) is 22.3 Å². The molecule has 0 aliphatic rings. The molecule has 0 saturated carbocycles. The summed E-state index contributed by atoms with van der Waals surface area (Å²) in [7, 11) is 0. The second-order valence-corrected chi connectivity index (χ2v) is 4.37. The number of anilines is 2. The molecule has 70 valence electrons. The Morgan fingerprint density at radius 1 is 1.46 bits per heavy atom. The van der Waals surface area contributed by atoms with Crippen LogP contribution < -0.4 is 11.5 Å². The summed E-state index contributed by atoms with van der Waals surface area (Å²) >= 11 is 4.66. The topological polar surface area (TPSA) is 77.8 Å². The summed E-state index contributed by atoms with van der Waals surface area (Å²) in [5, 5.41) is 0.568. The molecular weight excluding hydrogens is 252 g/mol. The Balaban J connectivity index is 2.71. The van der Waals surface area contributed by atoms with E-state index in [1.165, 1.54) is 17.8 Å². The van der Waals surface area contributed by atoms with Gasteiger partial charge in [-0.25, -0.2) is 9.97 Å². The Hall–Kier alpha value is -0.750. The van der Waals surface area contributed by atoms with E-state index in [1.54, 1.807) is 0 Å². The molecule has 0 aromatic carbocycles. The number of hydrogen-bond acceptors (Lipinski definition) is 5. The van der Waals surface area contributed by atoms with Crippen LogP contribution in [0.1, 0.15) is 0 Å². The van der Waals surface area contributed by atoms with E-state index < -0.39 is 0 Å². The van der Waals surface area contributed by atoms with Gasteiger partial charge >= 0.3 is 0 Å². The monoisotopic (exact) mass is 260 g/mol. The van der Waals surface area contributed by atoms with Gasteiger partial charge in [-0.05, 0) is 4.48 Å². The minimum absolute atomic E-state index is 0.384. The Bertz CT molecular complexity index is 308.